The summed E-state index contributed by atoms with van der Waals surface area (Å²) in [5.74, 6) is 0. The summed E-state index contributed by atoms with van der Waals surface area (Å²) in [6, 6.07) is 3.35. The Balaban J connectivity index is 3.37. The molecule has 1 aromatic carbocycles. The van der Waals surface area contributed by atoms with Gasteiger partial charge in [0.15, 0.2) is 0 Å². The highest BCUT2D eigenvalue weighted by molar-refractivity contribution is 14.1. The first-order valence-corrected chi connectivity index (χ1v) is 4.68. The van der Waals surface area contributed by atoms with Crippen LogP contribution in [0.1, 0.15) is 5.56 Å². The van der Waals surface area contributed by atoms with Crippen LogP contribution < -0.4 is 0 Å². The van der Waals surface area contributed by atoms with Crippen LogP contribution in [0.2, 0.25) is 0 Å². The molecule has 0 fully saturated rings. The lowest BCUT2D eigenvalue weighted by Gasteiger charge is -2.00. The van der Waals surface area contributed by atoms with Gasteiger partial charge in [-0.25, -0.2) is 0 Å². The van der Waals surface area contributed by atoms with Gasteiger partial charge < -0.3 is 0 Å². The van der Waals surface area contributed by atoms with Crippen LogP contribution in [0.4, 0.5) is 5.69 Å². The minimum Gasteiger partial charge on any atom is -0.258 e. The molecule has 1 aromatic rings. The fraction of sp³-hybridized carbons (Fsp3) is 0.143. The van der Waals surface area contributed by atoms with Crippen LogP contribution in [0, 0.1) is 20.6 Å². The second-order valence-corrected chi connectivity index (χ2v) is 3.93. The molecule has 0 unspecified atom stereocenters. The Morgan fingerprint density at radius 2 is 2.17 bits per heavy atom. The number of nitro benzene ring substituents is 1. The Bertz CT molecular complexity index is 340. The Kier molecular flexibility index (Phi) is 2.94. The molecule has 0 radical (unpaired) electrons. The predicted octanol–water partition coefficient (Wildman–Crippen LogP) is 2.80. The third-order valence-corrected chi connectivity index (χ3v) is 3.29. The van der Waals surface area contributed by atoms with Crippen LogP contribution in [0.3, 0.4) is 0 Å². The van der Waals surface area contributed by atoms with Gasteiger partial charge in [0.05, 0.1) is 4.92 Å². The molecule has 0 aliphatic carbocycles. The zero-order chi connectivity index (χ0) is 9.30. The van der Waals surface area contributed by atoms with Crippen LogP contribution in [-0.4, -0.2) is 4.92 Å². The SMILES string of the molecule is Cc1cc(S)c(I)c([N+](=O)[O-])c1. The summed E-state index contributed by atoms with van der Waals surface area (Å²) in [5, 5.41) is 10.5. The van der Waals surface area contributed by atoms with Gasteiger partial charge in [-0.15, -0.1) is 12.6 Å². The van der Waals surface area contributed by atoms with Crippen LogP contribution in [0.25, 0.3) is 0 Å². The molecule has 3 nitrogen and oxygen atoms in total. The van der Waals surface area contributed by atoms with Crippen molar-refractivity contribution in [2.75, 3.05) is 0 Å². The molecule has 0 saturated heterocycles. The molecule has 12 heavy (non-hydrogen) atoms. The van der Waals surface area contributed by atoms with Crippen molar-refractivity contribution >= 4 is 40.9 Å². The van der Waals surface area contributed by atoms with E-state index in [1.807, 2.05) is 29.5 Å². The van der Waals surface area contributed by atoms with Crippen molar-refractivity contribution < 1.29 is 4.92 Å². The molecule has 0 heterocycles. The summed E-state index contributed by atoms with van der Waals surface area (Å²) in [4.78, 5) is 10.8. The highest BCUT2D eigenvalue weighted by atomic mass is 127. The summed E-state index contributed by atoms with van der Waals surface area (Å²) >= 11 is 6.04. The highest BCUT2D eigenvalue weighted by Crippen LogP contribution is 2.28. The number of thiol groups is 1. The minimum absolute atomic E-state index is 0.126. The van der Waals surface area contributed by atoms with E-state index >= 15 is 0 Å². The van der Waals surface area contributed by atoms with E-state index in [2.05, 4.69) is 12.6 Å². The summed E-state index contributed by atoms with van der Waals surface area (Å²) in [7, 11) is 0. The molecular formula is C7H6INO2S. The molecule has 0 amide bonds. The van der Waals surface area contributed by atoms with E-state index in [1.165, 1.54) is 0 Å². The van der Waals surface area contributed by atoms with E-state index < -0.39 is 4.92 Å². The molecule has 0 aliphatic rings. The number of halogens is 1. The zero-order valence-corrected chi connectivity index (χ0v) is 9.30. The third-order valence-electron chi connectivity index (χ3n) is 1.38. The fourth-order valence-electron chi connectivity index (χ4n) is 0.864. The van der Waals surface area contributed by atoms with Crippen LogP contribution in [-0.2, 0) is 0 Å². The van der Waals surface area contributed by atoms with Gasteiger partial charge in [0.25, 0.3) is 5.69 Å². The molecule has 5 heteroatoms. The van der Waals surface area contributed by atoms with Crippen molar-refractivity contribution in [2.24, 2.45) is 0 Å². The maximum Gasteiger partial charge on any atom is 0.284 e. The van der Waals surface area contributed by atoms with Crippen molar-refractivity contribution in [2.45, 2.75) is 11.8 Å². The van der Waals surface area contributed by atoms with Crippen LogP contribution in [0.5, 0.6) is 0 Å². The van der Waals surface area contributed by atoms with Gasteiger partial charge in [0, 0.05) is 11.0 Å². The number of hydrogen-bond donors (Lipinski definition) is 1. The number of rotatable bonds is 1. The molecule has 0 saturated carbocycles. The lowest BCUT2D eigenvalue weighted by molar-refractivity contribution is -0.386. The first kappa shape index (κ1) is 9.79. The van der Waals surface area contributed by atoms with E-state index in [9.17, 15) is 10.1 Å². The lowest BCUT2D eigenvalue weighted by Crippen LogP contribution is -1.93. The van der Waals surface area contributed by atoms with Crippen LogP contribution >= 0.6 is 35.2 Å². The first-order valence-electron chi connectivity index (χ1n) is 3.16. The molecule has 1 rings (SSSR count). The van der Waals surface area contributed by atoms with E-state index in [4.69, 9.17) is 0 Å². The van der Waals surface area contributed by atoms with Crippen molar-refractivity contribution in [1.29, 1.82) is 0 Å². The van der Waals surface area contributed by atoms with Gasteiger partial charge in [-0.05, 0) is 41.1 Å². The van der Waals surface area contributed by atoms with E-state index in [1.54, 1.807) is 12.1 Å². The van der Waals surface area contributed by atoms with Gasteiger partial charge in [-0.1, -0.05) is 0 Å². The van der Waals surface area contributed by atoms with Gasteiger partial charge in [-0.3, -0.25) is 10.1 Å². The first-order chi connectivity index (χ1) is 5.52. The standard InChI is InChI=1S/C7H6INO2S/c1-4-2-5(9(10)11)7(8)6(12)3-4/h2-3,12H,1H3. The Morgan fingerprint density at radius 1 is 1.58 bits per heavy atom. The number of nitrogens with zero attached hydrogens (tertiary/aromatic N) is 1. The Hall–Kier alpha value is -0.300. The second kappa shape index (κ2) is 3.61. The van der Waals surface area contributed by atoms with Gasteiger partial charge in [0.1, 0.15) is 3.57 Å². The van der Waals surface area contributed by atoms with E-state index in [-0.39, 0.29) is 5.69 Å². The van der Waals surface area contributed by atoms with Gasteiger partial charge in [0.2, 0.25) is 0 Å². The zero-order valence-electron chi connectivity index (χ0n) is 6.24. The van der Waals surface area contributed by atoms with Crippen LogP contribution in [0.15, 0.2) is 17.0 Å². The summed E-state index contributed by atoms with van der Waals surface area (Å²) < 4.78 is 0.589. The summed E-state index contributed by atoms with van der Waals surface area (Å²) in [6.45, 7) is 1.81. The van der Waals surface area contributed by atoms with E-state index in [0.29, 0.717) is 8.47 Å². The van der Waals surface area contributed by atoms with E-state index in [0.717, 1.165) is 5.56 Å². The Labute approximate surface area is 88.9 Å². The molecule has 0 aliphatic heterocycles. The topological polar surface area (TPSA) is 43.1 Å². The monoisotopic (exact) mass is 295 g/mol. The van der Waals surface area contributed by atoms with Crippen molar-refractivity contribution in [3.8, 4) is 0 Å². The highest BCUT2D eigenvalue weighted by Gasteiger charge is 2.14. The largest absolute Gasteiger partial charge is 0.284 e. The number of benzene rings is 1. The summed E-state index contributed by atoms with van der Waals surface area (Å²) in [6.07, 6.45) is 0. The normalized spacial score (nSPS) is 9.92. The summed E-state index contributed by atoms with van der Waals surface area (Å²) in [5.41, 5.74) is 0.979. The molecule has 0 bridgehead atoms. The molecule has 0 N–H and O–H groups in total. The second-order valence-electron chi connectivity index (χ2n) is 2.37. The number of aryl methyl sites for hydroxylation is 1. The lowest BCUT2D eigenvalue weighted by atomic mass is 10.2. The minimum atomic E-state index is -0.394. The Morgan fingerprint density at radius 3 is 2.67 bits per heavy atom. The smallest absolute Gasteiger partial charge is 0.258 e. The van der Waals surface area contributed by atoms with Crippen molar-refractivity contribution in [3.63, 3.8) is 0 Å². The molecule has 0 atom stereocenters. The number of nitro groups is 1. The van der Waals surface area contributed by atoms with Gasteiger partial charge in [-0.2, -0.15) is 0 Å². The third kappa shape index (κ3) is 1.89. The predicted molar refractivity (Wildman–Crippen MR) is 57.8 cm³/mol. The van der Waals surface area contributed by atoms with Crippen molar-refractivity contribution in [1.82, 2.24) is 0 Å². The maximum absolute atomic E-state index is 10.5. The quantitative estimate of drug-likeness (QED) is 0.375. The molecule has 0 spiro atoms. The number of hydrogen-bond acceptors (Lipinski definition) is 3. The molecular weight excluding hydrogens is 289 g/mol. The average molecular weight is 295 g/mol. The van der Waals surface area contributed by atoms with Crippen molar-refractivity contribution in [3.05, 3.63) is 31.4 Å². The average Bonchev–Trinajstić information content (AvgIpc) is 1.96. The molecule has 0 aromatic heterocycles. The van der Waals surface area contributed by atoms with Gasteiger partial charge >= 0.3 is 0 Å². The molecule has 64 valence electrons. The maximum atomic E-state index is 10.5. The fourth-order valence-corrected chi connectivity index (χ4v) is 1.69.